The zero-order valence-electron chi connectivity index (χ0n) is 15.6. The van der Waals surface area contributed by atoms with E-state index in [4.69, 9.17) is 4.74 Å². The van der Waals surface area contributed by atoms with Gasteiger partial charge in [0, 0.05) is 36.6 Å². The number of esters is 1. The molecule has 1 fully saturated rings. The molecule has 0 aliphatic carbocycles. The summed E-state index contributed by atoms with van der Waals surface area (Å²) in [4.78, 5) is 28.7. The van der Waals surface area contributed by atoms with Crippen molar-refractivity contribution in [1.29, 1.82) is 0 Å². The molecule has 140 valence electrons. The number of hydrogen-bond donors (Lipinski definition) is 0. The third-order valence-corrected chi connectivity index (χ3v) is 5.44. The minimum atomic E-state index is -0.334. The quantitative estimate of drug-likeness (QED) is 0.778. The predicted molar refractivity (Wildman–Crippen MR) is 105 cm³/mol. The van der Waals surface area contributed by atoms with E-state index in [1.54, 1.807) is 6.07 Å². The largest absolute Gasteiger partial charge is 0.465 e. The molecule has 0 saturated carbocycles. The minimum Gasteiger partial charge on any atom is -0.465 e. The van der Waals surface area contributed by atoms with Gasteiger partial charge < -0.3 is 14.5 Å². The zero-order valence-corrected chi connectivity index (χ0v) is 15.6. The minimum absolute atomic E-state index is 0.142. The Balaban J connectivity index is 1.58. The molecule has 1 amide bonds. The van der Waals surface area contributed by atoms with Crippen LogP contribution in [-0.2, 0) is 11.2 Å². The number of hydrogen-bond acceptors (Lipinski definition) is 4. The molecule has 0 atom stereocenters. The first-order chi connectivity index (χ1) is 13.2. The molecule has 2 aliphatic heterocycles. The summed E-state index contributed by atoms with van der Waals surface area (Å²) in [6.07, 6.45) is 4.30. The predicted octanol–water partition coefficient (Wildman–Crippen LogP) is 3.79. The molecule has 5 nitrogen and oxygen atoms in total. The maximum Gasteiger partial charge on any atom is 0.337 e. The number of ether oxygens (including phenoxy) is 1. The van der Waals surface area contributed by atoms with E-state index in [1.807, 2.05) is 41.3 Å². The van der Waals surface area contributed by atoms with E-state index in [9.17, 15) is 9.59 Å². The van der Waals surface area contributed by atoms with E-state index in [0.29, 0.717) is 5.56 Å². The van der Waals surface area contributed by atoms with Gasteiger partial charge in [0.05, 0.1) is 12.7 Å². The van der Waals surface area contributed by atoms with Crippen LogP contribution in [0, 0.1) is 0 Å². The van der Waals surface area contributed by atoms with Crippen LogP contribution in [0.4, 0.5) is 11.4 Å². The lowest BCUT2D eigenvalue weighted by molar-refractivity contribution is 0.0600. The topological polar surface area (TPSA) is 49.9 Å². The molecule has 1 saturated heterocycles. The van der Waals surface area contributed by atoms with Crippen molar-refractivity contribution in [3.63, 3.8) is 0 Å². The maximum atomic E-state index is 12.8. The fourth-order valence-electron chi connectivity index (χ4n) is 4.00. The highest BCUT2D eigenvalue weighted by molar-refractivity contribution is 5.95. The summed E-state index contributed by atoms with van der Waals surface area (Å²) in [7, 11) is 1.39. The third-order valence-electron chi connectivity index (χ3n) is 5.44. The van der Waals surface area contributed by atoms with Gasteiger partial charge >= 0.3 is 5.97 Å². The van der Waals surface area contributed by atoms with Crippen LogP contribution in [0.1, 0.15) is 45.5 Å². The van der Waals surface area contributed by atoms with Gasteiger partial charge in [-0.2, -0.15) is 0 Å². The SMILES string of the molecule is COC(=O)c1cccc(N2CCc3cc(C(=O)N4CCCCC4)ccc32)c1. The number of piperidine rings is 1. The summed E-state index contributed by atoms with van der Waals surface area (Å²) in [5.74, 6) is -0.192. The van der Waals surface area contributed by atoms with Gasteiger partial charge in [0.15, 0.2) is 0 Å². The summed E-state index contributed by atoms with van der Waals surface area (Å²) >= 11 is 0. The van der Waals surface area contributed by atoms with E-state index >= 15 is 0 Å². The molecule has 27 heavy (non-hydrogen) atoms. The van der Waals surface area contributed by atoms with Crippen LogP contribution in [0.25, 0.3) is 0 Å². The molecule has 0 aromatic heterocycles. The molecule has 2 aromatic carbocycles. The normalized spacial score (nSPS) is 16.2. The van der Waals surface area contributed by atoms with Gasteiger partial charge in [0.1, 0.15) is 0 Å². The highest BCUT2D eigenvalue weighted by Crippen LogP contribution is 2.35. The fraction of sp³-hybridized carbons (Fsp3) is 0.364. The molecule has 0 unspecified atom stereocenters. The number of rotatable bonds is 3. The van der Waals surface area contributed by atoms with E-state index in [1.165, 1.54) is 19.1 Å². The van der Waals surface area contributed by atoms with Gasteiger partial charge in [0.25, 0.3) is 5.91 Å². The van der Waals surface area contributed by atoms with Crippen molar-refractivity contribution in [1.82, 2.24) is 4.90 Å². The number of carbonyl (C=O) groups is 2. The molecular formula is C22H24N2O3. The average molecular weight is 364 g/mol. The van der Waals surface area contributed by atoms with Crippen LogP contribution in [-0.4, -0.2) is 43.5 Å². The number of methoxy groups -OCH3 is 1. The van der Waals surface area contributed by atoms with Crippen molar-refractivity contribution < 1.29 is 14.3 Å². The average Bonchev–Trinajstić information content (AvgIpc) is 3.16. The Labute approximate surface area is 159 Å². The van der Waals surface area contributed by atoms with Gasteiger partial charge in [-0.3, -0.25) is 4.79 Å². The number of likely N-dealkylation sites (tertiary alicyclic amines) is 1. The molecular weight excluding hydrogens is 340 g/mol. The lowest BCUT2D eigenvalue weighted by Gasteiger charge is -2.27. The molecule has 5 heteroatoms. The van der Waals surface area contributed by atoms with Crippen molar-refractivity contribution in [3.05, 3.63) is 59.2 Å². The molecule has 2 heterocycles. The van der Waals surface area contributed by atoms with Crippen molar-refractivity contribution >= 4 is 23.3 Å². The van der Waals surface area contributed by atoms with Crippen LogP contribution in [0.2, 0.25) is 0 Å². The van der Waals surface area contributed by atoms with Crippen LogP contribution < -0.4 is 4.90 Å². The molecule has 0 spiro atoms. The lowest BCUT2D eigenvalue weighted by atomic mass is 10.1. The standard InChI is InChI=1S/C22H24N2O3/c1-27-22(26)18-6-5-7-19(15-18)24-13-10-16-14-17(8-9-20(16)24)21(25)23-11-3-2-4-12-23/h5-9,14-15H,2-4,10-13H2,1H3. The third kappa shape index (κ3) is 3.42. The number of anilines is 2. The lowest BCUT2D eigenvalue weighted by Crippen LogP contribution is -2.35. The van der Waals surface area contributed by atoms with Crippen molar-refractivity contribution in [2.24, 2.45) is 0 Å². The highest BCUT2D eigenvalue weighted by Gasteiger charge is 2.24. The zero-order chi connectivity index (χ0) is 18.8. The second-order valence-electron chi connectivity index (χ2n) is 7.14. The number of amides is 1. The Bertz CT molecular complexity index is 872. The summed E-state index contributed by atoms with van der Waals surface area (Å²) in [5, 5.41) is 0. The molecule has 0 radical (unpaired) electrons. The number of benzene rings is 2. The molecule has 0 N–H and O–H groups in total. The van der Waals surface area contributed by atoms with Crippen LogP contribution in [0.15, 0.2) is 42.5 Å². The van der Waals surface area contributed by atoms with Gasteiger partial charge in [-0.15, -0.1) is 0 Å². The molecule has 4 rings (SSSR count). The van der Waals surface area contributed by atoms with Gasteiger partial charge in [-0.25, -0.2) is 4.79 Å². The van der Waals surface area contributed by atoms with E-state index in [0.717, 1.165) is 55.8 Å². The maximum absolute atomic E-state index is 12.8. The Morgan fingerprint density at radius 1 is 0.926 bits per heavy atom. The first-order valence-corrected chi connectivity index (χ1v) is 9.55. The number of fused-ring (bicyclic) bond motifs is 1. The Morgan fingerprint density at radius 3 is 2.52 bits per heavy atom. The van der Waals surface area contributed by atoms with Gasteiger partial charge in [-0.05, 0) is 67.6 Å². The Kier molecular flexibility index (Phi) is 4.84. The highest BCUT2D eigenvalue weighted by atomic mass is 16.5. The molecule has 2 aliphatic rings. The molecule has 2 aromatic rings. The van der Waals surface area contributed by atoms with Gasteiger partial charge in [0.2, 0.25) is 0 Å². The number of nitrogens with zero attached hydrogens (tertiary/aromatic N) is 2. The van der Waals surface area contributed by atoms with Gasteiger partial charge in [-0.1, -0.05) is 6.07 Å². The first kappa shape index (κ1) is 17.6. The molecule has 0 bridgehead atoms. The smallest absolute Gasteiger partial charge is 0.337 e. The summed E-state index contributed by atoms with van der Waals surface area (Å²) in [6.45, 7) is 2.56. The van der Waals surface area contributed by atoms with Crippen LogP contribution in [0.3, 0.4) is 0 Å². The number of carbonyl (C=O) groups excluding carboxylic acids is 2. The first-order valence-electron chi connectivity index (χ1n) is 9.55. The van der Waals surface area contributed by atoms with E-state index < -0.39 is 0 Å². The van der Waals surface area contributed by atoms with E-state index in [2.05, 4.69) is 4.90 Å². The van der Waals surface area contributed by atoms with Crippen molar-refractivity contribution in [2.45, 2.75) is 25.7 Å². The summed E-state index contributed by atoms with van der Waals surface area (Å²) in [6, 6.07) is 13.5. The Morgan fingerprint density at radius 2 is 1.74 bits per heavy atom. The second-order valence-corrected chi connectivity index (χ2v) is 7.14. The van der Waals surface area contributed by atoms with E-state index in [-0.39, 0.29) is 11.9 Å². The fourth-order valence-corrected chi connectivity index (χ4v) is 4.00. The van der Waals surface area contributed by atoms with Crippen molar-refractivity contribution in [2.75, 3.05) is 31.6 Å². The van der Waals surface area contributed by atoms with Crippen LogP contribution >= 0.6 is 0 Å². The Hall–Kier alpha value is -2.82. The summed E-state index contributed by atoms with van der Waals surface area (Å²) < 4.78 is 4.82. The van der Waals surface area contributed by atoms with Crippen LogP contribution in [0.5, 0.6) is 0 Å². The summed E-state index contributed by atoms with van der Waals surface area (Å²) in [5.41, 5.74) is 4.57. The van der Waals surface area contributed by atoms with Crippen molar-refractivity contribution in [3.8, 4) is 0 Å². The second kappa shape index (κ2) is 7.43. The monoisotopic (exact) mass is 364 g/mol.